The normalized spacial score (nSPS) is 27.4. The summed E-state index contributed by atoms with van der Waals surface area (Å²) in [6.07, 6.45) is 3.03. The van der Waals surface area contributed by atoms with Crippen molar-refractivity contribution in [2.24, 2.45) is 0 Å². The number of hydrogen-bond acceptors (Lipinski definition) is 4. The molecule has 3 nitrogen and oxygen atoms in total. The van der Waals surface area contributed by atoms with Gasteiger partial charge in [-0.05, 0) is 38.9 Å². The first-order valence-electron chi connectivity index (χ1n) is 6.17. The lowest BCUT2D eigenvalue weighted by atomic mass is 9.94. The van der Waals surface area contributed by atoms with Crippen molar-refractivity contribution in [1.82, 2.24) is 5.32 Å². The number of carbonyl (C=O) groups is 1. The summed E-state index contributed by atoms with van der Waals surface area (Å²) >= 11 is 1.85. The highest BCUT2D eigenvalue weighted by Gasteiger charge is 2.41. The highest BCUT2D eigenvalue weighted by atomic mass is 32.2. The molecule has 1 aliphatic heterocycles. The quantitative estimate of drug-likeness (QED) is 0.754. The van der Waals surface area contributed by atoms with Gasteiger partial charge in [-0.25, -0.2) is 0 Å². The fourth-order valence-corrected chi connectivity index (χ4v) is 3.16. The smallest absolute Gasteiger partial charge is 0.327 e. The Morgan fingerprint density at radius 2 is 2.31 bits per heavy atom. The van der Waals surface area contributed by atoms with Gasteiger partial charge in [-0.15, -0.1) is 0 Å². The Morgan fingerprint density at radius 1 is 1.56 bits per heavy atom. The summed E-state index contributed by atoms with van der Waals surface area (Å²) in [6, 6.07) is 0.364. The van der Waals surface area contributed by atoms with Crippen molar-refractivity contribution in [3.63, 3.8) is 0 Å². The van der Waals surface area contributed by atoms with Gasteiger partial charge in [0.05, 0.1) is 6.61 Å². The Hall–Kier alpha value is -0.220. The van der Waals surface area contributed by atoms with E-state index in [0.29, 0.717) is 12.6 Å². The fourth-order valence-electron chi connectivity index (χ4n) is 1.97. The maximum Gasteiger partial charge on any atom is 0.327 e. The molecule has 0 aliphatic carbocycles. The lowest BCUT2D eigenvalue weighted by Crippen LogP contribution is -2.59. The Morgan fingerprint density at radius 3 is 2.81 bits per heavy atom. The van der Waals surface area contributed by atoms with E-state index in [0.717, 1.165) is 30.8 Å². The van der Waals surface area contributed by atoms with Crippen LogP contribution in [-0.2, 0) is 9.53 Å². The van der Waals surface area contributed by atoms with Crippen LogP contribution in [0, 0.1) is 0 Å². The van der Waals surface area contributed by atoms with Gasteiger partial charge in [-0.3, -0.25) is 10.1 Å². The van der Waals surface area contributed by atoms with Crippen molar-refractivity contribution in [3.8, 4) is 0 Å². The summed E-state index contributed by atoms with van der Waals surface area (Å²) in [5.41, 5.74) is -0.436. The molecule has 2 unspecified atom stereocenters. The lowest BCUT2D eigenvalue weighted by molar-refractivity contribution is -0.151. The molecule has 0 radical (unpaired) electrons. The third-order valence-corrected chi connectivity index (χ3v) is 4.32. The van der Waals surface area contributed by atoms with Crippen LogP contribution in [0.1, 0.15) is 40.0 Å². The monoisotopic (exact) mass is 245 g/mol. The van der Waals surface area contributed by atoms with Gasteiger partial charge in [0.2, 0.25) is 0 Å². The van der Waals surface area contributed by atoms with Crippen molar-refractivity contribution in [3.05, 3.63) is 0 Å². The molecule has 0 spiro atoms. The zero-order valence-corrected chi connectivity index (χ0v) is 11.4. The molecule has 1 fully saturated rings. The van der Waals surface area contributed by atoms with Crippen LogP contribution in [0.2, 0.25) is 0 Å². The first-order valence-corrected chi connectivity index (χ1v) is 7.32. The van der Waals surface area contributed by atoms with E-state index in [1.807, 2.05) is 18.7 Å². The molecule has 1 saturated heterocycles. The van der Waals surface area contributed by atoms with Crippen LogP contribution in [0.15, 0.2) is 0 Å². The van der Waals surface area contributed by atoms with Gasteiger partial charge in [-0.2, -0.15) is 11.8 Å². The van der Waals surface area contributed by atoms with Gasteiger partial charge >= 0.3 is 5.97 Å². The molecule has 0 aromatic heterocycles. The molecule has 4 heteroatoms. The van der Waals surface area contributed by atoms with Crippen LogP contribution in [0.5, 0.6) is 0 Å². The van der Waals surface area contributed by atoms with Crippen LogP contribution < -0.4 is 5.32 Å². The first-order chi connectivity index (χ1) is 7.64. The highest BCUT2D eigenvalue weighted by molar-refractivity contribution is 7.99. The second-order valence-corrected chi connectivity index (χ2v) is 5.52. The minimum Gasteiger partial charge on any atom is -0.465 e. The van der Waals surface area contributed by atoms with Crippen molar-refractivity contribution >= 4 is 17.7 Å². The van der Waals surface area contributed by atoms with E-state index >= 15 is 0 Å². The molecule has 0 aromatic rings. The van der Waals surface area contributed by atoms with Crippen LogP contribution in [0.25, 0.3) is 0 Å². The number of rotatable bonds is 5. The van der Waals surface area contributed by atoms with Gasteiger partial charge in [0, 0.05) is 11.8 Å². The van der Waals surface area contributed by atoms with Crippen molar-refractivity contribution in [2.75, 3.05) is 18.1 Å². The standard InChI is InChI=1S/C12H23NO2S/c1-4-10(3)13-12(11(14)15-5-2)7-6-8-16-9-12/h10,13H,4-9H2,1-3H3. The summed E-state index contributed by atoms with van der Waals surface area (Å²) in [5, 5.41) is 3.47. The summed E-state index contributed by atoms with van der Waals surface area (Å²) in [4.78, 5) is 12.1. The van der Waals surface area contributed by atoms with E-state index in [-0.39, 0.29) is 5.97 Å². The molecular weight excluding hydrogens is 222 g/mol. The Balaban J connectivity index is 2.70. The zero-order valence-electron chi connectivity index (χ0n) is 10.5. The number of esters is 1. The molecule has 1 N–H and O–H groups in total. The lowest BCUT2D eigenvalue weighted by Gasteiger charge is -2.37. The van der Waals surface area contributed by atoms with E-state index in [1.54, 1.807) is 0 Å². The average Bonchev–Trinajstić information content (AvgIpc) is 2.30. The van der Waals surface area contributed by atoms with Crippen molar-refractivity contribution in [1.29, 1.82) is 0 Å². The maximum absolute atomic E-state index is 12.1. The Bertz CT molecular complexity index is 227. The summed E-state index contributed by atoms with van der Waals surface area (Å²) in [5.74, 6) is 1.93. The van der Waals surface area contributed by atoms with E-state index in [9.17, 15) is 4.79 Å². The molecule has 0 saturated carbocycles. The average molecular weight is 245 g/mol. The number of thioether (sulfide) groups is 1. The van der Waals surface area contributed by atoms with Crippen LogP contribution in [0.3, 0.4) is 0 Å². The molecule has 16 heavy (non-hydrogen) atoms. The SMILES string of the molecule is CCOC(=O)C1(NC(C)CC)CCCSC1. The Labute approximate surface area is 103 Å². The van der Waals surface area contributed by atoms with E-state index in [4.69, 9.17) is 4.74 Å². The van der Waals surface area contributed by atoms with Gasteiger partial charge in [-0.1, -0.05) is 6.92 Å². The van der Waals surface area contributed by atoms with E-state index < -0.39 is 5.54 Å². The van der Waals surface area contributed by atoms with Crippen LogP contribution in [0.4, 0.5) is 0 Å². The number of hydrogen-bond donors (Lipinski definition) is 1. The molecule has 1 aliphatic rings. The predicted molar refractivity (Wildman–Crippen MR) is 68.8 cm³/mol. The van der Waals surface area contributed by atoms with Gasteiger partial charge < -0.3 is 4.74 Å². The number of ether oxygens (including phenoxy) is 1. The second kappa shape index (κ2) is 6.50. The third-order valence-electron chi connectivity index (χ3n) is 3.04. The van der Waals surface area contributed by atoms with Gasteiger partial charge in [0.25, 0.3) is 0 Å². The fraction of sp³-hybridized carbons (Fsp3) is 0.917. The molecule has 1 heterocycles. The zero-order chi connectivity index (χ0) is 12.0. The highest BCUT2D eigenvalue weighted by Crippen LogP contribution is 2.28. The van der Waals surface area contributed by atoms with Crippen LogP contribution >= 0.6 is 11.8 Å². The number of carbonyl (C=O) groups excluding carboxylic acids is 1. The van der Waals surface area contributed by atoms with Crippen LogP contribution in [-0.4, -0.2) is 35.7 Å². The Kier molecular flexibility index (Phi) is 5.62. The molecular formula is C12H23NO2S. The summed E-state index contributed by atoms with van der Waals surface area (Å²) in [6.45, 7) is 6.59. The topological polar surface area (TPSA) is 38.3 Å². The largest absolute Gasteiger partial charge is 0.465 e. The molecule has 1 rings (SSSR count). The summed E-state index contributed by atoms with van der Waals surface area (Å²) < 4.78 is 5.22. The minimum absolute atomic E-state index is 0.0671. The van der Waals surface area contributed by atoms with Crippen molar-refractivity contribution < 1.29 is 9.53 Å². The molecule has 0 bridgehead atoms. The van der Waals surface area contributed by atoms with Gasteiger partial charge in [0.15, 0.2) is 0 Å². The number of nitrogens with one attached hydrogen (secondary N) is 1. The molecule has 0 aromatic carbocycles. The third kappa shape index (κ3) is 3.39. The second-order valence-electron chi connectivity index (χ2n) is 4.41. The van der Waals surface area contributed by atoms with Gasteiger partial charge in [0.1, 0.15) is 5.54 Å². The first kappa shape index (κ1) is 13.8. The molecule has 94 valence electrons. The van der Waals surface area contributed by atoms with E-state index in [1.165, 1.54) is 0 Å². The molecule has 0 amide bonds. The molecule has 2 atom stereocenters. The minimum atomic E-state index is -0.436. The predicted octanol–water partition coefficient (Wildman–Crippen LogP) is 2.20. The summed E-state index contributed by atoms with van der Waals surface area (Å²) in [7, 11) is 0. The van der Waals surface area contributed by atoms with Crippen molar-refractivity contribution in [2.45, 2.75) is 51.6 Å². The van der Waals surface area contributed by atoms with E-state index in [2.05, 4.69) is 19.2 Å². The maximum atomic E-state index is 12.1.